The topological polar surface area (TPSA) is 60.4 Å². The number of quaternary nitrogens is 1. The Morgan fingerprint density at radius 2 is 2.08 bits per heavy atom. The fourth-order valence-corrected chi connectivity index (χ4v) is 1.65. The molecule has 1 fully saturated rings. The van der Waals surface area contributed by atoms with Gasteiger partial charge in [0.1, 0.15) is 6.54 Å². The number of hydrogen-bond acceptors (Lipinski definition) is 3. The predicted molar refractivity (Wildman–Crippen MR) is 41.0 cm³/mol. The van der Waals surface area contributed by atoms with E-state index < -0.39 is 5.97 Å². The third kappa shape index (κ3) is 2.46. The molecule has 0 saturated carbocycles. The number of aliphatic hydroxyl groups is 1. The van der Waals surface area contributed by atoms with Crippen LogP contribution in [0.1, 0.15) is 12.8 Å². The van der Waals surface area contributed by atoms with Gasteiger partial charge in [-0.25, -0.2) is 0 Å². The Morgan fingerprint density at radius 3 is 2.50 bits per heavy atom. The van der Waals surface area contributed by atoms with Crippen LogP contribution in [-0.2, 0) is 4.79 Å². The first-order valence-electron chi connectivity index (χ1n) is 4.23. The summed E-state index contributed by atoms with van der Waals surface area (Å²) in [7, 11) is 1.89. The number of rotatable bonds is 2. The van der Waals surface area contributed by atoms with Crippen LogP contribution in [0.5, 0.6) is 0 Å². The van der Waals surface area contributed by atoms with Crippen molar-refractivity contribution in [3.05, 3.63) is 0 Å². The SMILES string of the molecule is C[N+]1(CC(=O)[O-])CCC(O)CC1. The van der Waals surface area contributed by atoms with Gasteiger partial charge >= 0.3 is 0 Å². The van der Waals surface area contributed by atoms with E-state index in [1.54, 1.807) is 0 Å². The van der Waals surface area contributed by atoms with Gasteiger partial charge in [0.05, 0.1) is 32.2 Å². The molecule has 0 aromatic rings. The number of likely N-dealkylation sites (N-methyl/N-ethyl adjacent to an activating group) is 1. The number of carboxylic acid groups (broad SMARTS) is 1. The van der Waals surface area contributed by atoms with Crippen molar-refractivity contribution in [2.45, 2.75) is 18.9 Å². The van der Waals surface area contributed by atoms with Crippen molar-refractivity contribution in [3.8, 4) is 0 Å². The highest BCUT2D eigenvalue weighted by Crippen LogP contribution is 2.15. The number of aliphatic hydroxyl groups excluding tert-OH is 1. The second-order valence-corrected chi connectivity index (χ2v) is 3.83. The molecule has 1 heterocycles. The van der Waals surface area contributed by atoms with E-state index in [0.29, 0.717) is 17.3 Å². The van der Waals surface area contributed by atoms with E-state index in [0.717, 1.165) is 13.1 Å². The highest BCUT2D eigenvalue weighted by molar-refractivity contribution is 5.65. The number of piperidine rings is 1. The first kappa shape index (κ1) is 9.48. The van der Waals surface area contributed by atoms with Crippen molar-refractivity contribution in [2.75, 3.05) is 26.7 Å². The normalized spacial score (nSPS) is 36.3. The number of carbonyl (C=O) groups is 1. The minimum absolute atomic E-state index is 0.0622. The molecule has 1 aliphatic heterocycles. The molecule has 0 aromatic carbocycles. The third-order valence-corrected chi connectivity index (χ3v) is 2.52. The highest BCUT2D eigenvalue weighted by Gasteiger charge is 2.28. The average Bonchev–Trinajstić information content (AvgIpc) is 1.94. The predicted octanol–water partition coefficient (Wildman–Crippen LogP) is -1.66. The molecule has 1 N–H and O–H groups in total. The highest BCUT2D eigenvalue weighted by atomic mass is 16.4. The van der Waals surface area contributed by atoms with Crippen LogP contribution in [-0.4, -0.2) is 48.3 Å². The summed E-state index contributed by atoms with van der Waals surface area (Å²) in [6, 6.07) is 0. The molecule has 0 bridgehead atoms. The van der Waals surface area contributed by atoms with E-state index in [4.69, 9.17) is 0 Å². The largest absolute Gasteiger partial charge is 0.544 e. The smallest absolute Gasteiger partial charge is 0.119 e. The van der Waals surface area contributed by atoms with Gasteiger partial charge in [-0.1, -0.05) is 0 Å². The molecule has 4 heteroatoms. The van der Waals surface area contributed by atoms with Gasteiger partial charge < -0.3 is 19.5 Å². The molecule has 0 aliphatic carbocycles. The molecule has 12 heavy (non-hydrogen) atoms. The van der Waals surface area contributed by atoms with Gasteiger partial charge in [-0.2, -0.15) is 0 Å². The lowest BCUT2D eigenvalue weighted by Crippen LogP contribution is -2.55. The van der Waals surface area contributed by atoms with Crippen LogP contribution in [0.15, 0.2) is 0 Å². The molecular weight excluding hydrogens is 158 g/mol. The monoisotopic (exact) mass is 173 g/mol. The van der Waals surface area contributed by atoms with Gasteiger partial charge in [-0.15, -0.1) is 0 Å². The Morgan fingerprint density at radius 1 is 1.58 bits per heavy atom. The second kappa shape index (κ2) is 3.41. The van der Waals surface area contributed by atoms with Crippen LogP contribution in [0, 0.1) is 0 Å². The summed E-state index contributed by atoms with van der Waals surface area (Å²) >= 11 is 0. The Labute approximate surface area is 72.0 Å². The van der Waals surface area contributed by atoms with Crippen molar-refractivity contribution in [1.29, 1.82) is 0 Å². The summed E-state index contributed by atoms with van der Waals surface area (Å²) in [6.07, 6.45) is 1.16. The molecule has 0 aromatic heterocycles. The Kier molecular flexibility index (Phi) is 2.69. The summed E-state index contributed by atoms with van der Waals surface area (Å²) < 4.78 is 0.499. The van der Waals surface area contributed by atoms with E-state index in [1.807, 2.05) is 7.05 Å². The molecule has 0 unspecified atom stereocenters. The number of likely N-dealkylation sites (tertiary alicyclic amines) is 1. The van der Waals surface area contributed by atoms with Crippen molar-refractivity contribution in [1.82, 2.24) is 0 Å². The van der Waals surface area contributed by atoms with Gasteiger partial charge in [0.15, 0.2) is 0 Å². The molecule has 4 nitrogen and oxygen atoms in total. The summed E-state index contributed by atoms with van der Waals surface area (Å²) in [5.41, 5.74) is 0. The summed E-state index contributed by atoms with van der Waals surface area (Å²) in [5, 5.41) is 19.6. The number of aliphatic carboxylic acids is 1. The van der Waals surface area contributed by atoms with Crippen molar-refractivity contribution in [3.63, 3.8) is 0 Å². The molecule has 1 rings (SSSR count). The molecule has 0 spiro atoms. The maximum absolute atomic E-state index is 10.4. The van der Waals surface area contributed by atoms with Crippen LogP contribution < -0.4 is 5.11 Å². The number of carbonyl (C=O) groups excluding carboxylic acids is 1. The van der Waals surface area contributed by atoms with Crippen LogP contribution in [0.2, 0.25) is 0 Å². The number of nitrogens with zero attached hydrogens (tertiary/aromatic N) is 1. The molecule has 0 amide bonds. The molecule has 70 valence electrons. The molecule has 0 radical (unpaired) electrons. The average molecular weight is 173 g/mol. The van der Waals surface area contributed by atoms with E-state index in [2.05, 4.69) is 0 Å². The Bertz CT molecular complexity index is 173. The fourth-order valence-electron chi connectivity index (χ4n) is 1.65. The second-order valence-electron chi connectivity index (χ2n) is 3.83. The maximum Gasteiger partial charge on any atom is 0.119 e. The zero-order valence-electron chi connectivity index (χ0n) is 7.32. The zero-order chi connectivity index (χ0) is 9.19. The third-order valence-electron chi connectivity index (χ3n) is 2.52. The van der Waals surface area contributed by atoms with E-state index in [1.165, 1.54) is 0 Å². The van der Waals surface area contributed by atoms with Crippen LogP contribution >= 0.6 is 0 Å². The van der Waals surface area contributed by atoms with Gasteiger partial charge in [0.25, 0.3) is 0 Å². The van der Waals surface area contributed by atoms with Crippen molar-refractivity contribution >= 4 is 5.97 Å². The van der Waals surface area contributed by atoms with Crippen LogP contribution in [0.25, 0.3) is 0 Å². The number of hydrogen-bond donors (Lipinski definition) is 1. The van der Waals surface area contributed by atoms with Crippen molar-refractivity contribution < 1.29 is 19.5 Å². The molecule has 0 atom stereocenters. The van der Waals surface area contributed by atoms with Gasteiger partial charge in [0.2, 0.25) is 0 Å². The van der Waals surface area contributed by atoms with Gasteiger partial charge in [-0.05, 0) is 0 Å². The lowest BCUT2D eigenvalue weighted by atomic mass is 10.1. The number of carboxylic acids is 1. The quantitative estimate of drug-likeness (QED) is 0.508. The van der Waals surface area contributed by atoms with Crippen LogP contribution in [0.3, 0.4) is 0 Å². The standard InChI is InChI=1S/C8H15NO3/c1-9(6-8(11)12)4-2-7(10)3-5-9/h7,10H,2-6H2,1H3. The molecule has 1 aliphatic rings. The van der Waals surface area contributed by atoms with E-state index in [-0.39, 0.29) is 12.6 Å². The minimum Gasteiger partial charge on any atom is -0.544 e. The fraction of sp³-hybridized carbons (Fsp3) is 0.875. The summed E-state index contributed by atoms with van der Waals surface area (Å²) in [5.74, 6) is -1.01. The lowest BCUT2D eigenvalue weighted by molar-refractivity contribution is -0.909. The van der Waals surface area contributed by atoms with Gasteiger partial charge in [0, 0.05) is 12.8 Å². The van der Waals surface area contributed by atoms with Crippen molar-refractivity contribution in [2.24, 2.45) is 0 Å². The minimum atomic E-state index is -1.01. The lowest BCUT2D eigenvalue weighted by Gasteiger charge is -2.39. The summed E-state index contributed by atoms with van der Waals surface area (Å²) in [4.78, 5) is 10.4. The van der Waals surface area contributed by atoms with Gasteiger partial charge in [-0.3, -0.25) is 0 Å². The first-order chi connectivity index (χ1) is 5.52. The zero-order valence-corrected chi connectivity index (χ0v) is 7.32. The first-order valence-corrected chi connectivity index (χ1v) is 4.23. The maximum atomic E-state index is 10.4. The summed E-state index contributed by atoms with van der Waals surface area (Å²) in [6.45, 7) is 1.52. The Balaban J connectivity index is 2.44. The molecular formula is C8H15NO3. The van der Waals surface area contributed by atoms with Crippen LogP contribution in [0.4, 0.5) is 0 Å². The molecule has 1 saturated heterocycles. The van der Waals surface area contributed by atoms with E-state index >= 15 is 0 Å². The Hall–Kier alpha value is -0.610. The van der Waals surface area contributed by atoms with E-state index in [9.17, 15) is 15.0 Å².